The highest BCUT2D eigenvalue weighted by molar-refractivity contribution is 5.91. The maximum Gasteiger partial charge on any atom is 0.329 e. The van der Waals surface area contributed by atoms with Gasteiger partial charge >= 0.3 is 5.97 Å². The Hall–Kier alpha value is -2.47. The van der Waals surface area contributed by atoms with Gasteiger partial charge in [0.1, 0.15) is 6.61 Å². The lowest BCUT2D eigenvalue weighted by atomic mass is 9.99. The molecule has 0 aliphatic carbocycles. The number of amides is 1. The maximum absolute atomic E-state index is 12.2. The first-order valence-electron chi connectivity index (χ1n) is 9.40. The number of carbonyl (C=O) groups is 3. The summed E-state index contributed by atoms with van der Waals surface area (Å²) in [5.74, 6) is -0.842. The summed E-state index contributed by atoms with van der Waals surface area (Å²) in [5, 5.41) is 8.53. The van der Waals surface area contributed by atoms with Gasteiger partial charge in [0, 0.05) is 26.0 Å². The van der Waals surface area contributed by atoms with Crippen LogP contribution in [0.3, 0.4) is 0 Å². The quantitative estimate of drug-likeness (QED) is 0.476. The summed E-state index contributed by atoms with van der Waals surface area (Å²) < 4.78 is 5.01. The fraction of sp³-hybridized carbons (Fsp3) is 0.476. The van der Waals surface area contributed by atoms with Crippen molar-refractivity contribution in [3.63, 3.8) is 0 Å². The number of ether oxygens (including phenoxy) is 1. The van der Waals surface area contributed by atoms with E-state index in [1.807, 2.05) is 41.3 Å². The van der Waals surface area contributed by atoms with Gasteiger partial charge in [-0.2, -0.15) is 0 Å². The molecule has 1 saturated heterocycles. The summed E-state index contributed by atoms with van der Waals surface area (Å²) in [6.45, 7) is 0.666. The van der Waals surface area contributed by atoms with Gasteiger partial charge in [-0.05, 0) is 37.3 Å². The number of carbonyl (C=O) groups excluding carboxylic acids is 2. The smallest absolute Gasteiger partial charge is 0.329 e. The van der Waals surface area contributed by atoms with E-state index in [1.165, 1.54) is 0 Å². The summed E-state index contributed by atoms with van der Waals surface area (Å²) in [5.41, 5.74) is 0.977. The molecule has 0 bridgehead atoms. The van der Waals surface area contributed by atoms with Gasteiger partial charge in [-0.3, -0.25) is 9.59 Å². The number of likely N-dealkylation sites (tertiary alicyclic amines) is 1. The van der Waals surface area contributed by atoms with E-state index in [9.17, 15) is 14.4 Å². The summed E-state index contributed by atoms with van der Waals surface area (Å²) in [6.07, 6.45) is 7.47. The topological polar surface area (TPSA) is 83.9 Å². The predicted octanol–water partition coefficient (Wildman–Crippen LogP) is 2.62. The zero-order valence-corrected chi connectivity index (χ0v) is 15.5. The lowest BCUT2D eigenvalue weighted by Gasteiger charge is -2.34. The highest BCUT2D eigenvalue weighted by atomic mass is 16.5. The first kappa shape index (κ1) is 20.8. The van der Waals surface area contributed by atoms with Crippen LogP contribution in [0.2, 0.25) is 0 Å². The molecule has 1 N–H and O–H groups in total. The average molecular weight is 373 g/mol. The van der Waals surface area contributed by atoms with Crippen LogP contribution in [-0.2, 0) is 25.5 Å². The maximum atomic E-state index is 12.2. The molecule has 27 heavy (non-hydrogen) atoms. The standard InChI is InChI=1S/C21H27NO5/c23-19(15-17-7-2-1-3-8-17)12-11-18-9-6-10-20(24)22(18)13-4-5-14-27-16-21(25)26/h1-3,7-8,11-12,18H,4-6,9-10,13-16H2,(H,25,26). The van der Waals surface area contributed by atoms with Crippen LogP contribution in [0.1, 0.15) is 37.7 Å². The summed E-state index contributed by atoms with van der Waals surface area (Å²) in [7, 11) is 0. The Balaban J connectivity index is 1.80. The number of carboxylic acids is 1. The molecule has 1 aliphatic heterocycles. The molecule has 1 amide bonds. The van der Waals surface area contributed by atoms with Crippen molar-refractivity contribution in [3.05, 3.63) is 48.0 Å². The molecule has 146 valence electrons. The van der Waals surface area contributed by atoms with Crippen molar-refractivity contribution in [2.75, 3.05) is 19.8 Å². The summed E-state index contributed by atoms with van der Waals surface area (Å²) in [4.78, 5) is 36.6. The molecule has 6 heteroatoms. The Kier molecular flexibility index (Phi) is 8.71. The SMILES string of the molecule is O=C(O)COCCCCN1C(=O)CCCC1C=CC(=O)Cc1ccccc1. The van der Waals surface area contributed by atoms with Crippen molar-refractivity contribution in [3.8, 4) is 0 Å². The molecular formula is C21H27NO5. The molecule has 1 fully saturated rings. The molecule has 0 spiro atoms. The molecule has 1 aliphatic rings. The van der Waals surface area contributed by atoms with Crippen LogP contribution in [0.5, 0.6) is 0 Å². The molecule has 0 saturated carbocycles. The number of nitrogens with zero attached hydrogens (tertiary/aromatic N) is 1. The van der Waals surface area contributed by atoms with Gasteiger partial charge in [-0.15, -0.1) is 0 Å². The van der Waals surface area contributed by atoms with Crippen LogP contribution in [0, 0.1) is 0 Å². The molecule has 2 rings (SSSR count). The second kappa shape index (κ2) is 11.3. The highest BCUT2D eigenvalue weighted by Crippen LogP contribution is 2.20. The van der Waals surface area contributed by atoms with Crippen molar-refractivity contribution in [1.29, 1.82) is 0 Å². The molecule has 1 atom stereocenters. The van der Waals surface area contributed by atoms with E-state index in [4.69, 9.17) is 9.84 Å². The number of aliphatic carboxylic acids is 1. The number of carboxylic acid groups (broad SMARTS) is 1. The van der Waals surface area contributed by atoms with Crippen molar-refractivity contribution >= 4 is 17.7 Å². The molecule has 1 aromatic carbocycles. The number of piperidine rings is 1. The third-order valence-electron chi connectivity index (χ3n) is 4.50. The molecule has 1 heterocycles. The van der Waals surface area contributed by atoms with E-state index in [0.717, 1.165) is 24.8 Å². The lowest BCUT2D eigenvalue weighted by Crippen LogP contribution is -2.43. The van der Waals surface area contributed by atoms with Crippen LogP contribution >= 0.6 is 0 Å². The first-order chi connectivity index (χ1) is 13.1. The van der Waals surface area contributed by atoms with E-state index >= 15 is 0 Å². The molecule has 1 aromatic rings. The van der Waals surface area contributed by atoms with E-state index in [1.54, 1.807) is 6.08 Å². The number of ketones is 1. The minimum Gasteiger partial charge on any atom is -0.480 e. The molecular weight excluding hydrogens is 346 g/mol. The number of rotatable bonds is 11. The third kappa shape index (κ3) is 7.74. The second-order valence-electron chi connectivity index (χ2n) is 6.69. The van der Waals surface area contributed by atoms with Gasteiger partial charge in [0.2, 0.25) is 5.91 Å². The number of allylic oxidation sites excluding steroid dienone is 1. The van der Waals surface area contributed by atoms with Crippen molar-refractivity contribution in [2.24, 2.45) is 0 Å². The highest BCUT2D eigenvalue weighted by Gasteiger charge is 2.25. The Morgan fingerprint density at radius 1 is 1.22 bits per heavy atom. The van der Waals surface area contributed by atoms with Crippen molar-refractivity contribution in [2.45, 2.75) is 44.6 Å². The Labute approximate surface area is 159 Å². The second-order valence-corrected chi connectivity index (χ2v) is 6.69. The molecule has 0 aromatic heterocycles. The van der Waals surface area contributed by atoms with Crippen LogP contribution in [-0.4, -0.2) is 53.5 Å². The minimum atomic E-state index is -0.980. The van der Waals surface area contributed by atoms with Crippen molar-refractivity contribution in [1.82, 2.24) is 4.90 Å². The third-order valence-corrected chi connectivity index (χ3v) is 4.50. The summed E-state index contributed by atoms with van der Waals surface area (Å²) >= 11 is 0. The van der Waals surface area contributed by atoms with Gasteiger partial charge in [0.25, 0.3) is 0 Å². The van der Waals surface area contributed by atoms with Crippen LogP contribution in [0.25, 0.3) is 0 Å². The van der Waals surface area contributed by atoms with Gasteiger partial charge < -0.3 is 14.7 Å². The number of hydrogen-bond donors (Lipinski definition) is 1. The predicted molar refractivity (Wildman–Crippen MR) is 101 cm³/mol. The van der Waals surface area contributed by atoms with Gasteiger partial charge in [0.05, 0.1) is 6.04 Å². The number of hydrogen-bond acceptors (Lipinski definition) is 4. The van der Waals surface area contributed by atoms with E-state index in [-0.39, 0.29) is 24.3 Å². The summed E-state index contributed by atoms with van der Waals surface area (Å²) in [6, 6.07) is 9.54. The average Bonchev–Trinajstić information content (AvgIpc) is 2.65. The van der Waals surface area contributed by atoms with Gasteiger partial charge in [-0.1, -0.05) is 36.4 Å². The number of benzene rings is 1. The minimum absolute atomic E-state index is 0.0289. The van der Waals surface area contributed by atoms with E-state index in [0.29, 0.717) is 32.4 Å². The zero-order valence-electron chi connectivity index (χ0n) is 15.5. The fourth-order valence-electron chi connectivity index (χ4n) is 3.16. The monoisotopic (exact) mass is 373 g/mol. The zero-order chi connectivity index (χ0) is 19.5. The Morgan fingerprint density at radius 3 is 2.74 bits per heavy atom. The lowest BCUT2D eigenvalue weighted by molar-refractivity contribution is -0.142. The fourth-order valence-corrected chi connectivity index (χ4v) is 3.16. The van der Waals surface area contributed by atoms with Gasteiger partial charge in [-0.25, -0.2) is 4.79 Å². The normalized spacial score (nSPS) is 17.4. The van der Waals surface area contributed by atoms with Gasteiger partial charge in [0.15, 0.2) is 5.78 Å². The van der Waals surface area contributed by atoms with Crippen molar-refractivity contribution < 1.29 is 24.2 Å². The number of unbranched alkanes of at least 4 members (excludes halogenated alkanes) is 1. The molecule has 1 unspecified atom stereocenters. The largest absolute Gasteiger partial charge is 0.480 e. The van der Waals surface area contributed by atoms with Crippen LogP contribution < -0.4 is 0 Å². The Bertz CT molecular complexity index is 656. The molecule has 0 radical (unpaired) electrons. The van der Waals surface area contributed by atoms with E-state index < -0.39 is 5.97 Å². The van der Waals surface area contributed by atoms with Crippen LogP contribution in [0.15, 0.2) is 42.5 Å². The molecule has 6 nitrogen and oxygen atoms in total. The van der Waals surface area contributed by atoms with E-state index in [2.05, 4.69) is 0 Å². The first-order valence-corrected chi connectivity index (χ1v) is 9.40. The Morgan fingerprint density at radius 2 is 2.00 bits per heavy atom. The van der Waals surface area contributed by atoms with Crippen LogP contribution in [0.4, 0.5) is 0 Å².